The molecule has 0 aliphatic carbocycles. The van der Waals surface area contributed by atoms with E-state index in [2.05, 4.69) is 15.1 Å². The Morgan fingerprint density at radius 1 is 1.13 bits per heavy atom. The van der Waals surface area contributed by atoms with Crippen LogP contribution in [0.2, 0.25) is 0 Å². The minimum atomic E-state index is -0.652. The number of anilines is 1. The van der Waals surface area contributed by atoms with Crippen molar-refractivity contribution in [3.8, 4) is 11.3 Å². The fraction of sp³-hybridized carbons (Fsp3) is 0.0909. The molecule has 0 atom stereocenters. The van der Waals surface area contributed by atoms with Crippen LogP contribution < -0.4 is 5.01 Å². The smallest absolute Gasteiger partial charge is 0.400 e. The van der Waals surface area contributed by atoms with Gasteiger partial charge in [0.25, 0.3) is 5.95 Å². The summed E-state index contributed by atoms with van der Waals surface area (Å²) in [7, 11) is 0. The van der Waals surface area contributed by atoms with Gasteiger partial charge in [-0.3, -0.25) is 14.9 Å². The zero-order chi connectivity index (χ0) is 22.0. The maximum Gasteiger partial charge on any atom is 0.433 e. The molecule has 0 saturated heterocycles. The second-order valence-electron chi connectivity index (χ2n) is 6.77. The van der Waals surface area contributed by atoms with E-state index in [9.17, 15) is 14.9 Å². The largest absolute Gasteiger partial charge is 0.433 e. The molecule has 2 aromatic carbocycles. The number of aromatic nitrogens is 2. The SMILES string of the molecule is CC(=O)N(/N=C/c1ccc([N+](=O)[O-])o1)c1nc(-c2ccccc2)c2cc(C)ccc2n1. The zero-order valence-electron chi connectivity index (χ0n) is 16.7. The molecule has 154 valence electrons. The molecule has 0 saturated carbocycles. The van der Waals surface area contributed by atoms with Gasteiger partial charge < -0.3 is 4.42 Å². The Morgan fingerprint density at radius 3 is 2.58 bits per heavy atom. The summed E-state index contributed by atoms with van der Waals surface area (Å²) < 4.78 is 5.06. The van der Waals surface area contributed by atoms with Crippen molar-refractivity contribution in [2.45, 2.75) is 13.8 Å². The number of carbonyl (C=O) groups excluding carboxylic acids is 1. The number of hydrogen-bond donors (Lipinski definition) is 0. The van der Waals surface area contributed by atoms with E-state index in [0.29, 0.717) is 11.2 Å². The average Bonchev–Trinajstić information content (AvgIpc) is 3.23. The fourth-order valence-corrected chi connectivity index (χ4v) is 3.04. The molecule has 0 bridgehead atoms. The van der Waals surface area contributed by atoms with E-state index in [1.807, 2.05) is 55.5 Å². The van der Waals surface area contributed by atoms with Gasteiger partial charge in [0.2, 0.25) is 5.91 Å². The van der Waals surface area contributed by atoms with Crippen LogP contribution in [0.1, 0.15) is 18.2 Å². The minimum absolute atomic E-state index is 0.0833. The predicted octanol–water partition coefficient (Wildman–Crippen LogP) is 4.49. The molecule has 9 heteroatoms. The van der Waals surface area contributed by atoms with Crippen molar-refractivity contribution < 1.29 is 14.1 Å². The van der Waals surface area contributed by atoms with Crippen molar-refractivity contribution >= 4 is 34.9 Å². The van der Waals surface area contributed by atoms with E-state index in [4.69, 9.17) is 4.42 Å². The third-order valence-corrected chi connectivity index (χ3v) is 4.47. The van der Waals surface area contributed by atoms with E-state index < -0.39 is 16.7 Å². The lowest BCUT2D eigenvalue weighted by Gasteiger charge is -2.15. The summed E-state index contributed by atoms with van der Waals surface area (Å²) in [5.74, 6) is -0.639. The number of aryl methyl sites for hydroxylation is 1. The van der Waals surface area contributed by atoms with Gasteiger partial charge in [0.1, 0.15) is 4.92 Å². The predicted molar refractivity (Wildman–Crippen MR) is 116 cm³/mol. The molecular weight excluding hydrogens is 398 g/mol. The van der Waals surface area contributed by atoms with Crippen molar-refractivity contribution in [1.29, 1.82) is 0 Å². The Balaban J connectivity index is 1.82. The number of nitro groups is 1. The highest BCUT2D eigenvalue weighted by Crippen LogP contribution is 2.29. The van der Waals surface area contributed by atoms with Crippen molar-refractivity contribution in [2.75, 3.05) is 5.01 Å². The van der Waals surface area contributed by atoms with Gasteiger partial charge in [-0.2, -0.15) is 10.1 Å². The molecule has 4 rings (SSSR count). The standard InChI is InChI=1S/C22H17N5O4/c1-14-8-10-19-18(12-14)21(16-6-4-3-5-7-16)25-22(24-19)26(15(2)28)23-13-17-9-11-20(31-17)27(29)30/h3-13H,1-2H3/b23-13+. The lowest BCUT2D eigenvalue weighted by molar-refractivity contribution is -0.402. The highest BCUT2D eigenvalue weighted by atomic mass is 16.6. The van der Waals surface area contributed by atoms with Crippen LogP contribution >= 0.6 is 0 Å². The summed E-state index contributed by atoms with van der Waals surface area (Å²) in [6.07, 6.45) is 1.21. The molecule has 2 heterocycles. The normalized spacial score (nSPS) is 11.2. The maximum absolute atomic E-state index is 12.3. The highest BCUT2D eigenvalue weighted by molar-refractivity contribution is 5.97. The van der Waals surface area contributed by atoms with Gasteiger partial charge in [0.15, 0.2) is 5.76 Å². The number of amides is 1. The molecule has 4 aromatic rings. The van der Waals surface area contributed by atoms with Gasteiger partial charge >= 0.3 is 5.88 Å². The van der Waals surface area contributed by atoms with Gasteiger partial charge in [-0.05, 0) is 25.1 Å². The number of hydrogen-bond acceptors (Lipinski definition) is 7. The van der Waals surface area contributed by atoms with Gasteiger partial charge in [0.05, 0.1) is 23.5 Å². The average molecular weight is 415 g/mol. The van der Waals surface area contributed by atoms with Crippen LogP contribution in [0.25, 0.3) is 22.2 Å². The Hall–Kier alpha value is -4.40. The van der Waals surface area contributed by atoms with Crippen LogP contribution in [0, 0.1) is 17.0 Å². The summed E-state index contributed by atoms with van der Waals surface area (Å²) >= 11 is 0. The van der Waals surface area contributed by atoms with E-state index in [0.717, 1.165) is 21.5 Å². The topological polar surface area (TPSA) is 115 Å². The molecule has 31 heavy (non-hydrogen) atoms. The molecule has 0 unspecified atom stereocenters. The van der Waals surface area contributed by atoms with E-state index >= 15 is 0 Å². The first-order valence-electron chi connectivity index (χ1n) is 9.35. The first-order chi connectivity index (χ1) is 14.9. The van der Waals surface area contributed by atoms with Gasteiger partial charge in [-0.15, -0.1) is 0 Å². The minimum Gasteiger partial charge on any atom is -0.400 e. The summed E-state index contributed by atoms with van der Waals surface area (Å²) in [6.45, 7) is 3.31. The van der Waals surface area contributed by atoms with Crippen LogP contribution in [-0.2, 0) is 4.79 Å². The molecule has 0 fully saturated rings. The quantitative estimate of drug-likeness (QED) is 0.269. The van der Waals surface area contributed by atoms with Gasteiger partial charge in [-0.1, -0.05) is 42.0 Å². The van der Waals surface area contributed by atoms with Crippen molar-refractivity contribution in [3.05, 3.63) is 82.1 Å². The Bertz CT molecular complexity index is 1310. The molecule has 9 nitrogen and oxygen atoms in total. The third kappa shape index (κ3) is 4.15. The first kappa shape index (κ1) is 19.9. The van der Waals surface area contributed by atoms with Crippen LogP contribution in [0.4, 0.5) is 11.8 Å². The number of carbonyl (C=O) groups is 1. The molecule has 0 spiro atoms. The summed E-state index contributed by atoms with van der Waals surface area (Å²) in [4.78, 5) is 31.6. The van der Waals surface area contributed by atoms with Gasteiger partial charge in [-0.25, -0.2) is 9.97 Å². The van der Waals surface area contributed by atoms with Crippen molar-refractivity contribution in [3.63, 3.8) is 0 Å². The third-order valence-electron chi connectivity index (χ3n) is 4.47. The van der Waals surface area contributed by atoms with Crippen LogP contribution in [-0.4, -0.2) is 27.0 Å². The maximum atomic E-state index is 12.3. The second-order valence-corrected chi connectivity index (χ2v) is 6.77. The molecule has 0 aliphatic heterocycles. The Kier molecular flexibility index (Phi) is 5.23. The molecule has 1 amide bonds. The molecular formula is C22H17N5O4. The fourth-order valence-electron chi connectivity index (χ4n) is 3.04. The van der Waals surface area contributed by atoms with E-state index in [1.54, 1.807) is 0 Å². The lowest BCUT2D eigenvalue weighted by atomic mass is 10.0. The van der Waals surface area contributed by atoms with Crippen molar-refractivity contribution in [2.24, 2.45) is 5.10 Å². The summed E-state index contributed by atoms with van der Waals surface area (Å²) in [5, 5.41) is 16.8. The molecule has 2 aromatic heterocycles. The lowest BCUT2D eigenvalue weighted by Crippen LogP contribution is -2.24. The second kappa shape index (κ2) is 8.15. The van der Waals surface area contributed by atoms with Crippen molar-refractivity contribution in [1.82, 2.24) is 9.97 Å². The van der Waals surface area contributed by atoms with Crippen LogP contribution in [0.15, 0.2) is 70.2 Å². The van der Waals surface area contributed by atoms with E-state index in [1.165, 1.54) is 25.3 Å². The highest BCUT2D eigenvalue weighted by Gasteiger charge is 2.18. The van der Waals surface area contributed by atoms with E-state index in [-0.39, 0.29) is 11.7 Å². The number of furan rings is 1. The molecule has 0 N–H and O–H groups in total. The summed E-state index contributed by atoms with van der Waals surface area (Å²) in [6, 6.07) is 18.0. The number of fused-ring (bicyclic) bond motifs is 1. The molecule has 0 radical (unpaired) electrons. The number of rotatable bonds is 5. The Labute approximate surface area is 176 Å². The molecule has 0 aliphatic rings. The Morgan fingerprint density at radius 2 is 1.90 bits per heavy atom. The monoisotopic (exact) mass is 415 g/mol. The zero-order valence-corrected chi connectivity index (χ0v) is 16.7. The first-order valence-corrected chi connectivity index (χ1v) is 9.35. The van der Waals surface area contributed by atoms with Crippen LogP contribution in [0.5, 0.6) is 0 Å². The number of hydrazone groups is 1. The number of nitrogens with zero attached hydrogens (tertiary/aromatic N) is 5. The van der Waals surface area contributed by atoms with Crippen LogP contribution in [0.3, 0.4) is 0 Å². The van der Waals surface area contributed by atoms with Gasteiger partial charge in [0, 0.05) is 17.9 Å². The number of benzene rings is 2. The summed E-state index contributed by atoms with van der Waals surface area (Å²) in [5.41, 5.74) is 3.25.